The van der Waals surface area contributed by atoms with Crippen LogP contribution in [0.4, 0.5) is 4.39 Å². The molecule has 0 aromatic heterocycles. The van der Waals surface area contributed by atoms with E-state index in [0.29, 0.717) is 6.04 Å². The number of hydrogen-bond acceptors (Lipinski definition) is 2. The molecular weight excluding hydrogens is 205 g/mol. The highest BCUT2D eigenvalue weighted by molar-refractivity contribution is 5.17. The average Bonchev–Trinajstić information content (AvgIpc) is 2.20. The van der Waals surface area contributed by atoms with Crippen LogP contribution >= 0.6 is 0 Å². The maximum atomic E-state index is 12.7. The van der Waals surface area contributed by atoms with Crippen molar-refractivity contribution in [2.45, 2.75) is 31.8 Å². The first-order chi connectivity index (χ1) is 7.55. The van der Waals surface area contributed by atoms with Crippen LogP contribution in [0.3, 0.4) is 0 Å². The molecule has 0 bridgehead atoms. The normalized spacial score (nSPS) is 24.3. The Morgan fingerprint density at radius 1 is 1.38 bits per heavy atom. The summed E-state index contributed by atoms with van der Waals surface area (Å²) in [6.45, 7) is 5.72. The lowest BCUT2D eigenvalue weighted by atomic mass is 9.99. The first kappa shape index (κ1) is 11.6. The van der Waals surface area contributed by atoms with E-state index in [0.717, 1.165) is 25.2 Å². The van der Waals surface area contributed by atoms with Gasteiger partial charge in [-0.2, -0.15) is 0 Å². The fourth-order valence-electron chi connectivity index (χ4n) is 2.11. The molecule has 0 saturated carbocycles. The number of ether oxygens (including phenoxy) is 1. The molecule has 1 atom stereocenters. The molecule has 1 aromatic rings. The van der Waals surface area contributed by atoms with E-state index in [1.54, 1.807) is 0 Å². The maximum absolute atomic E-state index is 12.7. The minimum absolute atomic E-state index is 0.0307. The Morgan fingerprint density at radius 3 is 2.69 bits per heavy atom. The van der Waals surface area contributed by atoms with Gasteiger partial charge in [0.1, 0.15) is 5.82 Å². The Kier molecular flexibility index (Phi) is 3.26. The molecule has 88 valence electrons. The highest BCUT2D eigenvalue weighted by atomic mass is 19.1. The first-order valence-electron chi connectivity index (χ1n) is 5.65. The maximum Gasteiger partial charge on any atom is 0.123 e. The fourth-order valence-corrected chi connectivity index (χ4v) is 2.11. The van der Waals surface area contributed by atoms with Crippen molar-refractivity contribution in [2.24, 2.45) is 0 Å². The Hall–Kier alpha value is -0.930. The summed E-state index contributed by atoms with van der Waals surface area (Å²) in [7, 11) is 0. The van der Waals surface area contributed by atoms with Crippen molar-refractivity contribution < 1.29 is 9.13 Å². The molecule has 1 aliphatic rings. The number of morpholine rings is 1. The van der Waals surface area contributed by atoms with Gasteiger partial charge in [-0.15, -0.1) is 0 Å². The lowest BCUT2D eigenvalue weighted by Crippen LogP contribution is -2.56. The van der Waals surface area contributed by atoms with Gasteiger partial charge in [-0.05, 0) is 38.0 Å². The van der Waals surface area contributed by atoms with E-state index < -0.39 is 0 Å². The van der Waals surface area contributed by atoms with Gasteiger partial charge in [0.05, 0.1) is 13.2 Å². The molecule has 0 aliphatic carbocycles. The average molecular weight is 223 g/mol. The minimum atomic E-state index is -0.183. The summed E-state index contributed by atoms with van der Waals surface area (Å²) in [4.78, 5) is 0. The smallest absolute Gasteiger partial charge is 0.123 e. The van der Waals surface area contributed by atoms with Crippen molar-refractivity contribution in [1.82, 2.24) is 5.32 Å². The molecule has 2 rings (SSSR count). The third-order valence-corrected chi connectivity index (χ3v) is 2.77. The molecule has 1 N–H and O–H groups in total. The second kappa shape index (κ2) is 4.52. The standard InChI is InChI=1S/C13H18FNO/c1-13(2)9-16-8-12(15-13)7-10-3-5-11(14)6-4-10/h3-6,12,15H,7-9H2,1-2H3. The Morgan fingerprint density at radius 2 is 2.06 bits per heavy atom. The molecular formula is C13H18FNO. The van der Waals surface area contributed by atoms with Crippen molar-refractivity contribution in [3.8, 4) is 0 Å². The quantitative estimate of drug-likeness (QED) is 0.829. The lowest BCUT2D eigenvalue weighted by Gasteiger charge is -2.37. The number of benzene rings is 1. The van der Waals surface area contributed by atoms with Crippen molar-refractivity contribution in [2.75, 3.05) is 13.2 Å². The number of rotatable bonds is 2. The second-order valence-corrected chi connectivity index (χ2v) is 5.07. The Labute approximate surface area is 95.8 Å². The summed E-state index contributed by atoms with van der Waals surface area (Å²) in [5.74, 6) is -0.183. The highest BCUT2D eigenvalue weighted by Gasteiger charge is 2.27. The molecule has 1 saturated heterocycles. The Balaban J connectivity index is 1.97. The van der Waals surface area contributed by atoms with Crippen LogP contribution in [0.25, 0.3) is 0 Å². The van der Waals surface area contributed by atoms with Gasteiger partial charge in [0.25, 0.3) is 0 Å². The van der Waals surface area contributed by atoms with Crippen LogP contribution in [0.1, 0.15) is 19.4 Å². The van der Waals surface area contributed by atoms with E-state index in [4.69, 9.17) is 4.74 Å². The van der Waals surface area contributed by atoms with Crippen molar-refractivity contribution in [3.63, 3.8) is 0 Å². The summed E-state index contributed by atoms with van der Waals surface area (Å²) in [5.41, 5.74) is 1.17. The number of halogens is 1. The SMILES string of the molecule is CC1(C)COCC(Cc2ccc(F)cc2)N1. The molecule has 2 nitrogen and oxygen atoms in total. The molecule has 1 unspecified atom stereocenters. The molecule has 1 heterocycles. The van der Waals surface area contributed by atoms with E-state index in [1.807, 2.05) is 12.1 Å². The van der Waals surface area contributed by atoms with E-state index >= 15 is 0 Å². The zero-order valence-corrected chi connectivity index (χ0v) is 9.79. The molecule has 0 spiro atoms. The van der Waals surface area contributed by atoms with Crippen LogP contribution in [0.15, 0.2) is 24.3 Å². The fraction of sp³-hybridized carbons (Fsp3) is 0.538. The topological polar surface area (TPSA) is 21.3 Å². The zero-order chi connectivity index (χ0) is 11.6. The molecule has 0 radical (unpaired) electrons. The number of hydrogen-bond donors (Lipinski definition) is 1. The van der Waals surface area contributed by atoms with Crippen molar-refractivity contribution in [1.29, 1.82) is 0 Å². The van der Waals surface area contributed by atoms with Gasteiger partial charge < -0.3 is 10.1 Å². The van der Waals surface area contributed by atoms with Gasteiger partial charge in [0.15, 0.2) is 0 Å². The monoisotopic (exact) mass is 223 g/mol. The van der Waals surface area contributed by atoms with Gasteiger partial charge in [-0.25, -0.2) is 4.39 Å². The van der Waals surface area contributed by atoms with Gasteiger partial charge in [0.2, 0.25) is 0 Å². The van der Waals surface area contributed by atoms with E-state index in [1.165, 1.54) is 12.1 Å². The van der Waals surface area contributed by atoms with E-state index in [9.17, 15) is 4.39 Å². The van der Waals surface area contributed by atoms with Crippen molar-refractivity contribution >= 4 is 0 Å². The molecule has 1 fully saturated rings. The highest BCUT2D eigenvalue weighted by Crippen LogP contribution is 2.14. The largest absolute Gasteiger partial charge is 0.378 e. The van der Waals surface area contributed by atoms with Gasteiger partial charge in [-0.1, -0.05) is 12.1 Å². The summed E-state index contributed by atoms with van der Waals surface area (Å²) in [6, 6.07) is 6.99. The van der Waals surface area contributed by atoms with Crippen LogP contribution < -0.4 is 5.32 Å². The zero-order valence-electron chi connectivity index (χ0n) is 9.79. The number of nitrogens with one attached hydrogen (secondary N) is 1. The van der Waals surface area contributed by atoms with Crippen LogP contribution in [-0.2, 0) is 11.2 Å². The molecule has 0 amide bonds. The summed E-state index contributed by atoms with van der Waals surface area (Å²) < 4.78 is 18.3. The summed E-state index contributed by atoms with van der Waals surface area (Å²) >= 11 is 0. The van der Waals surface area contributed by atoms with Crippen LogP contribution in [-0.4, -0.2) is 24.8 Å². The predicted octanol–water partition coefficient (Wildman–Crippen LogP) is 2.14. The van der Waals surface area contributed by atoms with Gasteiger partial charge in [0, 0.05) is 11.6 Å². The van der Waals surface area contributed by atoms with E-state index in [-0.39, 0.29) is 11.4 Å². The first-order valence-corrected chi connectivity index (χ1v) is 5.65. The molecule has 3 heteroatoms. The third kappa shape index (κ3) is 3.03. The summed E-state index contributed by atoms with van der Waals surface area (Å²) in [6.07, 6.45) is 0.879. The van der Waals surface area contributed by atoms with Crippen molar-refractivity contribution in [3.05, 3.63) is 35.6 Å². The van der Waals surface area contributed by atoms with Gasteiger partial charge in [-0.3, -0.25) is 0 Å². The molecule has 1 aromatic carbocycles. The minimum Gasteiger partial charge on any atom is -0.378 e. The lowest BCUT2D eigenvalue weighted by molar-refractivity contribution is 0.0135. The van der Waals surface area contributed by atoms with Gasteiger partial charge >= 0.3 is 0 Å². The second-order valence-electron chi connectivity index (χ2n) is 5.07. The predicted molar refractivity (Wildman–Crippen MR) is 61.9 cm³/mol. The van der Waals surface area contributed by atoms with E-state index in [2.05, 4.69) is 19.2 Å². The molecule has 16 heavy (non-hydrogen) atoms. The van der Waals surface area contributed by atoms with Crippen LogP contribution in [0.5, 0.6) is 0 Å². The Bertz CT molecular complexity index is 347. The van der Waals surface area contributed by atoms with Crippen LogP contribution in [0.2, 0.25) is 0 Å². The molecule has 1 aliphatic heterocycles. The third-order valence-electron chi connectivity index (χ3n) is 2.77. The van der Waals surface area contributed by atoms with Crippen LogP contribution in [0, 0.1) is 5.82 Å². The summed E-state index contributed by atoms with van der Waals surface area (Å²) in [5, 5.41) is 3.54.